The third kappa shape index (κ3) is 6.79. The first-order valence-electron chi connectivity index (χ1n) is 32.8. The van der Waals surface area contributed by atoms with Gasteiger partial charge in [0.15, 0.2) is 23.1 Å². The maximum atomic E-state index is 15.9. The molecule has 0 aromatic heterocycles. The molecule has 18 rings (SSSR count). The number of fused-ring (bicyclic) bond motifs is 23. The smallest absolute Gasteiger partial charge is 0.255 e. The molecule has 430 valence electrons. The van der Waals surface area contributed by atoms with E-state index in [4.69, 9.17) is 0 Å². The lowest BCUT2D eigenvalue weighted by molar-refractivity contribution is -0.154. The highest BCUT2D eigenvalue weighted by Crippen LogP contribution is 2.77. The van der Waals surface area contributed by atoms with Gasteiger partial charge in [-0.3, -0.25) is 38.4 Å². The Hall–Kier alpha value is -6.24. The lowest BCUT2D eigenvalue weighted by Gasteiger charge is -2.58. The molecule has 12 aliphatic carbocycles. The van der Waals surface area contributed by atoms with Gasteiger partial charge >= 0.3 is 0 Å². The van der Waals surface area contributed by atoms with E-state index in [2.05, 4.69) is 21.3 Å². The van der Waals surface area contributed by atoms with E-state index in [1.165, 1.54) is 0 Å². The van der Waals surface area contributed by atoms with Gasteiger partial charge in [0.25, 0.3) is 11.8 Å². The molecule has 2 amide bonds. The summed E-state index contributed by atoms with van der Waals surface area (Å²) in [7, 11) is 0. The second kappa shape index (κ2) is 18.6. The van der Waals surface area contributed by atoms with Crippen molar-refractivity contribution in [2.45, 2.75) is 114 Å². The summed E-state index contributed by atoms with van der Waals surface area (Å²) in [5.41, 5.74) is 3.17. The summed E-state index contributed by atoms with van der Waals surface area (Å²) in [6.45, 7) is 0. The van der Waals surface area contributed by atoms with Crippen molar-refractivity contribution in [1.82, 2.24) is 10.6 Å². The number of rotatable bonds is 4. The van der Waals surface area contributed by atoms with Crippen molar-refractivity contribution in [3.05, 3.63) is 130 Å². The minimum absolute atomic E-state index is 0.0196. The van der Waals surface area contributed by atoms with E-state index in [0.29, 0.717) is 117 Å². The summed E-state index contributed by atoms with van der Waals surface area (Å²) >= 11 is 0. The third-order valence-corrected chi connectivity index (χ3v) is 26.9. The maximum absolute atomic E-state index is 15.9. The van der Waals surface area contributed by atoms with Gasteiger partial charge in [-0.25, -0.2) is 0 Å². The molecule has 10 saturated carbocycles. The number of hydrogen-bond donors (Lipinski definition) is 4. The molecule has 0 spiro atoms. The van der Waals surface area contributed by atoms with E-state index in [1.807, 2.05) is 36.4 Å². The van der Waals surface area contributed by atoms with Crippen molar-refractivity contribution in [2.24, 2.45) is 130 Å². The highest BCUT2D eigenvalue weighted by atomic mass is 16.2. The zero-order valence-corrected chi connectivity index (χ0v) is 47.4. The lowest BCUT2D eigenvalue weighted by atomic mass is 9.46. The van der Waals surface area contributed by atoms with Crippen LogP contribution in [0.25, 0.3) is 0 Å². The van der Waals surface area contributed by atoms with Crippen molar-refractivity contribution in [3.63, 3.8) is 0 Å². The maximum Gasteiger partial charge on any atom is 0.255 e. The number of hydrogen-bond acceptors (Lipinski definition) is 10. The van der Waals surface area contributed by atoms with Gasteiger partial charge in [0, 0.05) is 93.8 Å². The topological polar surface area (TPSA) is 185 Å². The Morgan fingerprint density at radius 3 is 1.17 bits per heavy atom. The standard InChI is InChI=1S/C72H74N4O8/c77-65-37-19-9-7-17-33(37)51-54-46-30-44-36-26-28-42-58(70(82)40-22-12-24-48(50(40)68(42)80)74-72(84)32-15-5-2-6-16-32)62(36)76-64(44)60-56(46)52(34-18-8-10-20-38(34)66(60)78)53(54)45-29-43-35-25-27-41-57(61(35)75-63(43)59(65)55(45)51)69(81)39-21-11-23-47(49(39)67(41)79)73-71(83)31-13-3-1-4-14-31/h1-6,11-16,21-24,33-38,41-46,51-64,75-76H,7-10,17-20,25-30H2,(H,73,83)(H,74,84). The van der Waals surface area contributed by atoms with Crippen LogP contribution in [0.1, 0.15) is 152 Å². The number of amides is 2. The predicted molar refractivity (Wildman–Crippen MR) is 312 cm³/mol. The normalized spacial score (nSPS) is 44.6. The summed E-state index contributed by atoms with van der Waals surface area (Å²) < 4.78 is 0. The van der Waals surface area contributed by atoms with Gasteiger partial charge in [-0.2, -0.15) is 0 Å². The minimum Gasteiger partial charge on any atom is -0.321 e. The van der Waals surface area contributed by atoms with Crippen molar-refractivity contribution in [3.8, 4) is 0 Å². The number of carbonyl (C=O) groups is 8. The fraction of sp³-hybridized carbons (Fsp3) is 0.556. The third-order valence-electron chi connectivity index (χ3n) is 26.9. The van der Waals surface area contributed by atoms with E-state index in [0.717, 1.165) is 77.0 Å². The van der Waals surface area contributed by atoms with E-state index in [9.17, 15) is 19.2 Å². The van der Waals surface area contributed by atoms with Gasteiger partial charge in [-0.05, 0) is 183 Å². The molecule has 12 nitrogen and oxygen atoms in total. The highest BCUT2D eigenvalue weighted by molar-refractivity contribution is 6.22. The molecule has 26 unspecified atom stereocenters. The van der Waals surface area contributed by atoms with Gasteiger partial charge in [-0.15, -0.1) is 0 Å². The average molecular weight is 1120 g/mol. The summed E-state index contributed by atoms with van der Waals surface area (Å²) in [5.74, 6) is 2.19. The molecule has 4 aromatic carbocycles. The van der Waals surface area contributed by atoms with Crippen LogP contribution in [0.3, 0.4) is 0 Å². The molecule has 12 heteroatoms. The van der Waals surface area contributed by atoms with Crippen LogP contribution in [-0.4, -0.2) is 70.7 Å². The monoisotopic (exact) mass is 1120 g/mol. The van der Waals surface area contributed by atoms with Crippen LogP contribution in [0.5, 0.6) is 0 Å². The Labute approximate surface area is 490 Å². The average Bonchev–Trinajstić information content (AvgIpc) is 1.50. The van der Waals surface area contributed by atoms with Crippen LogP contribution < -0.4 is 21.3 Å². The molecule has 0 bridgehead atoms. The minimum atomic E-state index is -0.533. The number of ketones is 6. The van der Waals surface area contributed by atoms with Crippen LogP contribution in [0.2, 0.25) is 0 Å². The molecule has 84 heavy (non-hydrogen) atoms. The van der Waals surface area contributed by atoms with E-state index < -0.39 is 23.7 Å². The molecular weight excluding hydrogens is 1050 g/mol. The Bertz CT molecular complexity index is 3330. The van der Waals surface area contributed by atoms with Crippen molar-refractivity contribution in [2.75, 3.05) is 10.6 Å². The Kier molecular flexibility index (Phi) is 11.3. The molecular formula is C72H74N4O8. The number of anilines is 2. The summed E-state index contributed by atoms with van der Waals surface area (Å²) in [4.78, 5) is 119. The number of carbonyl (C=O) groups excluding carboxylic acids is 8. The highest BCUT2D eigenvalue weighted by Gasteiger charge is 2.78. The first-order chi connectivity index (χ1) is 41.0. The number of nitrogens with one attached hydrogen (secondary N) is 4. The first kappa shape index (κ1) is 51.0. The van der Waals surface area contributed by atoms with Gasteiger partial charge in [0.1, 0.15) is 11.6 Å². The summed E-state index contributed by atoms with van der Waals surface area (Å²) in [6, 6.07) is 28.0. The molecule has 0 radical (unpaired) electrons. The fourth-order valence-electron chi connectivity index (χ4n) is 24.7. The summed E-state index contributed by atoms with van der Waals surface area (Å²) in [5, 5.41) is 14.4. The van der Waals surface area contributed by atoms with Crippen LogP contribution in [0, 0.1) is 130 Å². The SMILES string of the molecule is O=C(Nc1cccc2c1C(=O)C1CCC3C4CC5C6C(C(=O)C7CCCCC7C6C6C7CC8C9CCC%10C(=O)c%11c(NC(=O)c%12ccccc%12)cccc%11C(=O)C%10C9NC8C8C(=O)C9CCCCC9C(C78)C56)C4NC3C1C2=O)c1ccccc1. The predicted octanol–water partition coefficient (Wildman–Crippen LogP) is 10.6. The van der Waals surface area contributed by atoms with Crippen molar-refractivity contribution < 1.29 is 38.4 Å². The Morgan fingerprint density at radius 1 is 0.345 bits per heavy atom. The second-order valence-corrected chi connectivity index (χ2v) is 29.3. The van der Waals surface area contributed by atoms with E-state index in [-0.39, 0.29) is 118 Å². The quantitative estimate of drug-likeness (QED) is 0.153. The molecule has 12 fully saturated rings. The van der Waals surface area contributed by atoms with Crippen LogP contribution >= 0.6 is 0 Å². The molecule has 14 aliphatic rings. The van der Waals surface area contributed by atoms with E-state index in [1.54, 1.807) is 60.7 Å². The molecule has 2 saturated heterocycles. The number of Topliss-reactive ketones (excluding diaryl/α,β-unsaturated/α-hetero) is 6. The van der Waals surface area contributed by atoms with Crippen LogP contribution in [0.4, 0.5) is 11.4 Å². The molecule has 4 aromatic rings. The molecule has 26 atom stereocenters. The molecule has 2 aliphatic heterocycles. The lowest BCUT2D eigenvalue weighted by Crippen LogP contribution is -2.62. The van der Waals surface area contributed by atoms with Gasteiger partial charge in [0.05, 0.1) is 22.5 Å². The van der Waals surface area contributed by atoms with Gasteiger partial charge in [0.2, 0.25) is 0 Å². The van der Waals surface area contributed by atoms with E-state index >= 15 is 19.2 Å². The fourth-order valence-corrected chi connectivity index (χ4v) is 24.7. The Morgan fingerprint density at radius 2 is 0.738 bits per heavy atom. The van der Waals surface area contributed by atoms with Crippen LogP contribution in [0.15, 0.2) is 97.1 Å². The van der Waals surface area contributed by atoms with Crippen molar-refractivity contribution >= 4 is 57.9 Å². The molecule has 4 N–H and O–H groups in total. The van der Waals surface area contributed by atoms with Gasteiger partial charge < -0.3 is 21.3 Å². The largest absolute Gasteiger partial charge is 0.321 e. The number of benzene rings is 4. The molecule has 2 heterocycles. The van der Waals surface area contributed by atoms with Crippen molar-refractivity contribution in [1.29, 1.82) is 0 Å². The zero-order chi connectivity index (χ0) is 56.3. The Balaban J connectivity index is 0.683. The van der Waals surface area contributed by atoms with Crippen LogP contribution in [-0.2, 0) is 9.59 Å². The zero-order valence-electron chi connectivity index (χ0n) is 47.4. The first-order valence-corrected chi connectivity index (χ1v) is 32.8. The van der Waals surface area contributed by atoms with Gasteiger partial charge in [-0.1, -0.05) is 86.3 Å². The summed E-state index contributed by atoms with van der Waals surface area (Å²) in [6.07, 6.45) is 13.4. The second-order valence-electron chi connectivity index (χ2n) is 29.3.